The van der Waals surface area contributed by atoms with Crippen molar-refractivity contribution in [2.45, 2.75) is 19.4 Å². The Labute approximate surface area is 163 Å². The zero-order chi connectivity index (χ0) is 19.5. The number of likely N-dealkylation sites (tertiary alicyclic amines) is 1. The van der Waals surface area contributed by atoms with Crippen molar-refractivity contribution in [3.05, 3.63) is 77.2 Å². The van der Waals surface area contributed by atoms with Crippen molar-refractivity contribution in [2.24, 2.45) is 0 Å². The van der Waals surface area contributed by atoms with Gasteiger partial charge >= 0.3 is 0 Å². The van der Waals surface area contributed by atoms with Crippen molar-refractivity contribution in [1.29, 1.82) is 5.26 Å². The van der Waals surface area contributed by atoms with Crippen molar-refractivity contribution in [3.63, 3.8) is 0 Å². The molecule has 0 bridgehead atoms. The first-order valence-corrected chi connectivity index (χ1v) is 9.39. The SMILES string of the molecule is N#C/C(=C\c1cn(Cc2ccc(F)cc2)c2ccccc12)C(=O)N1CCCC1. The number of halogens is 1. The van der Waals surface area contributed by atoms with Crippen LogP contribution in [0.4, 0.5) is 4.39 Å². The quantitative estimate of drug-likeness (QED) is 0.504. The molecule has 1 aliphatic heterocycles. The molecule has 1 aromatic heterocycles. The minimum atomic E-state index is -0.260. The molecule has 140 valence electrons. The number of rotatable bonds is 4. The Morgan fingerprint density at radius 1 is 1.11 bits per heavy atom. The Bertz CT molecular complexity index is 1080. The number of carbonyl (C=O) groups is 1. The lowest BCUT2D eigenvalue weighted by Crippen LogP contribution is -2.28. The molecule has 2 heterocycles. The topological polar surface area (TPSA) is 49.0 Å². The number of benzene rings is 2. The molecular weight excluding hydrogens is 353 g/mol. The summed E-state index contributed by atoms with van der Waals surface area (Å²) in [6, 6.07) is 16.4. The first-order chi connectivity index (χ1) is 13.7. The highest BCUT2D eigenvalue weighted by molar-refractivity contribution is 6.04. The Hall–Kier alpha value is -3.39. The van der Waals surface area contributed by atoms with Gasteiger partial charge in [-0.2, -0.15) is 5.26 Å². The van der Waals surface area contributed by atoms with Crippen LogP contribution in [0, 0.1) is 17.1 Å². The molecule has 0 unspecified atom stereocenters. The van der Waals surface area contributed by atoms with Gasteiger partial charge in [-0.05, 0) is 42.7 Å². The van der Waals surface area contributed by atoms with Crippen molar-refractivity contribution in [2.75, 3.05) is 13.1 Å². The number of nitriles is 1. The maximum Gasteiger partial charge on any atom is 0.264 e. The zero-order valence-corrected chi connectivity index (χ0v) is 15.4. The predicted molar refractivity (Wildman–Crippen MR) is 107 cm³/mol. The van der Waals surface area contributed by atoms with E-state index in [1.807, 2.05) is 30.5 Å². The Balaban J connectivity index is 1.72. The highest BCUT2D eigenvalue weighted by Gasteiger charge is 2.22. The van der Waals surface area contributed by atoms with E-state index in [2.05, 4.69) is 10.6 Å². The molecule has 28 heavy (non-hydrogen) atoms. The smallest absolute Gasteiger partial charge is 0.264 e. The van der Waals surface area contributed by atoms with E-state index in [9.17, 15) is 14.4 Å². The van der Waals surface area contributed by atoms with Crippen LogP contribution >= 0.6 is 0 Å². The second kappa shape index (κ2) is 7.69. The molecule has 3 aromatic rings. The van der Waals surface area contributed by atoms with Crippen LogP contribution in [0.2, 0.25) is 0 Å². The van der Waals surface area contributed by atoms with Gasteiger partial charge in [0.25, 0.3) is 5.91 Å². The van der Waals surface area contributed by atoms with E-state index in [1.165, 1.54) is 12.1 Å². The number of fused-ring (bicyclic) bond motifs is 1. The van der Waals surface area contributed by atoms with Gasteiger partial charge in [-0.1, -0.05) is 30.3 Å². The number of hydrogen-bond acceptors (Lipinski definition) is 2. The summed E-state index contributed by atoms with van der Waals surface area (Å²) in [7, 11) is 0. The van der Waals surface area contributed by atoms with Crippen LogP contribution in [-0.4, -0.2) is 28.5 Å². The number of amides is 1. The second-order valence-electron chi connectivity index (χ2n) is 7.03. The third-order valence-electron chi connectivity index (χ3n) is 5.13. The fraction of sp³-hybridized carbons (Fsp3) is 0.217. The van der Waals surface area contributed by atoms with Gasteiger partial charge in [0.05, 0.1) is 0 Å². The van der Waals surface area contributed by atoms with Crippen molar-refractivity contribution in [3.8, 4) is 6.07 Å². The number of aromatic nitrogens is 1. The van der Waals surface area contributed by atoms with Gasteiger partial charge in [-0.25, -0.2) is 4.39 Å². The highest BCUT2D eigenvalue weighted by Crippen LogP contribution is 2.25. The van der Waals surface area contributed by atoms with Gasteiger partial charge in [0.1, 0.15) is 17.5 Å². The maximum absolute atomic E-state index is 13.2. The van der Waals surface area contributed by atoms with Crippen molar-refractivity contribution < 1.29 is 9.18 Å². The van der Waals surface area contributed by atoms with Gasteiger partial charge in [-0.3, -0.25) is 4.79 Å². The first kappa shape index (κ1) is 18.0. The minimum Gasteiger partial charge on any atom is -0.342 e. The molecule has 1 fully saturated rings. The third kappa shape index (κ3) is 3.54. The number of carbonyl (C=O) groups excluding carboxylic acids is 1. The van der Waals surface area contributed by atoms with Crippen molar-refractivity contribution >= 4 is 22.9 Å². The molecular formula is C23H20FN3O. The summed E-state index contributed by atoms with van der Waals surface area (Å²) in [6.45, 7) is 2.00. The molecule has 4 nitrogen and oxygen atoms in total. The van der Waals surface area contributed by atoms with Crippen LogP contribution in [0.25, 0.3) is 17.0 Å². The van der Waals surface area contributed by atoms with E-state index in [1.54, 1.807) is 23.1 Å². The molecule has 1 amide bonds. The first-order valence-electron chi connectivity index (χ1n) is 9.39. The highest BCUT2D eigenvalue weighted by atomic mass is 19.1. The summed E-state index contributed by atoms with van der Waals surface area (Å²) < 4.78 is 15.2. The summed E-state index contributed by atoms with van der Waals surface area (Å²) in [5.74, 6) is -0.459. The molecule has 2 aromatic carbocycles. The zero-order valence-electron chi connectivity index (χ0n) is 15.4. The second-order valence-corrected chi connectivity index (χ2v) is 7.03. The normalized spacial score (nSPS) is 14.4. The Kier molecular flexibility index (Phi) is 4.94. The summed E-state index contributed by atoms with van der Waals surface area (Å²) in [5.41, 5.74) is 2.98. The number of hydrogen-bond donors (Lipinski definition) is 0. The summed E-state index contributed by atoms with van der Waals surface area (Å²) >= 11 is 0. The third-order valence-corrected chi connectivity index (χ3v) is 5.13. The van der Waals surface area contributed by atoms with E-state index < -0.39 is 0 Å². The average Bonchev–Trinajstić information content (AvgIpc) is 3.37. The summed E-state index contributed by atoms with van der Waals surface area (Å²) in [5, 5.41) is 10.5. The molecule has 5 heteroatoms. The van der Waals surface area contributed by atoms with E-state index in [4.69, 9.17) is 0 Å². The van der Waals surface area contributed by atoms with Gasteiger partial charge in [0, 0.05) is 42.3 Å². The van der Waals surface area contributed by atoms with Crippen LogP contribution in [0.5, 0.6) is 0 Å². The Morgan fingerprint density at radius 3 is 2.54 bits per heavy atom. The average molecular weight is 373 g/mol. The van der Waals surface area contributed by atoms with Crippen LogP contribution in [0.3, 0.4) is 0 Å². The molecule has 0 atom stereocenters. The van der Waals surface area contributed by atoms with E-state index in [0.29, 0.717) is 19.6 Å². The molecule has 0 saturated carbocycles. The van der Waals surface area contributed by atoms with Gasteiger partial charge < -0.3 is 9.47 Å². The lowest BCUT2D eigenvalue weighted by Gasteiger charge is -2.13. The number of para-hydroxylation sites is 1. The van der Waals surface area contributed by atoms with Crippen LogP contribution in [0.1, 0.15) is 24.0 Å². The lowest BCUT2D eigenvalue weighted by atomic mass is 10.1. The van der Waals surface area contributed by atoms with Crippen LogP contribution in [0.15, 0.2) is 60.3 Å². The van der Waals surface area contributed by atoms with Gasteiger partial charge in [0.15, 0.2) is 0 Å². The fourth-order valence-electron chi connectivity index (χ4n) is 3.70. The van der Waals surface area contributed by atoms with Gasteiger partial charge in [-0.15, -0.1) is 0 Å². The van der Waals surface area contributed by atoms with Crippen LogP contribution < -0.4 is 0 Å². The summed E-state index contributed by atoms with van der Waals surface area (Å²) in [6.07, 6.45) is 5.61. The molecule has 0 N–H and O–H groups in total. The fourth-order valence-corrected chi connectivity index (χ4v) is 3.70. The maximum atomic E-state index is 13.2. The van der Waals surface area contributed by atoms with Gasteiger partial charge in [0.2, 0.25) is 0 Å². The summed E-state index contributed by atoms with van der Waals surface area (Å²) in [4.78, 5) is 14.4. The minimum absolute atomic E-state index is 0.159. The molecule has 4 rings (SSSR count). The Morgan fingerprint density at radius 2 is 1.82 bits per heavy atom. The largest absolute Gasteiger partial charge is 0.342 e. The predicted octanol–water partition coefficient (Wildman–Crippen LogP) is 4.36. The molecule has 1 saturated heterocycles. The molecule has 0 spiro atoms. The molecule has 0 radical (unpaired) electrons. The molecule has 1 aliphatic rings. The van der Waals surface area contributed by atoms with Crippen molar-refractivity contribution in [1.82, 2.24) is 9.47 Å². The van der Waals surface area contributed by atoms with E-state index in [-0.39, 0.29) is 17.3 Å². The molecule has 0 aliphatic carbocycles. The lowest BCUT2D eigenvalue weighted by molar-refractivity contribution is -0.125. The van der Waals surface area contributed by atoms with E-state index in [0.717, 1.165) is 34.9 Å². The number of nitrogens with zero attached hydrogens (tertiary/aromatic N) is 3. The van der Waals surface area contributed by atoms with E-state index >= 15 is 0 Å². The standard InChI is InChI=1S/C23H20FN3O/c24-20-9-7-17(8-10-20)15-27-16-19(21-5-1-2-6-22(21)27)13-18(14-25)23(28)26-11-3-4-12-26/h1-2,5-10,13,16H,3-4,11-12,15H2/b18-13+. The van der Waals surface area contributed by atoms with Crippen LogP contribution in [-0.2, 0) is 11.3 Å². The monoisotopic (exact) mass is 373 g/mol.